The van der Waals surface area contributed by atoms with E-state index in [0.29, 0.717) is 16.8 Å². The Hall–Kier alpha value is -2.43. The number of hydrogen-bond donors (Lipinski definition) is 2. The van der Waals surface area contributed by atoms with Gasteiger partial charge in [0.2, 0.25) is 0 Å². The fourth-order valence-corrected chi connectivity index (χ4v) is 2.76. The van der Waals surface area contributed by atoms with E-state index < -0.39 is 10.0 Å². The molecule has 0 unspecified atom stereocenters. The molecular formula is C14H13N3O3S. The summed E-state index contributed by atoms with van der Waals surface area (Å²) in [6.07, 6.45) is 4.06. The minimum atomic E-state index is -3.70. The van der Waals surface area contributed by atoms with E-state index >= 15 is 0 Å². The molecule has 0 spiro atoms. The van der Waals surface area contributed by atoms with Crippen LogP contribution in [0.3, 0.4) is 0 Å². The van der Waals surface area contributed by atoms with Crippen LogP contribution in [-0.2, 0) is 10.0 Å². The Morgan fingerprint density at radius 2 is 2.00 bits per heavy atom. The molecule has 0 aliphatic carbocycles. The summed E-state index contributed by atoms with van der Waals surface area (Å²) in [7, 11) is -3.70. The van der Waals surface area contributed by atoms with Crippen LogP contribution in [0, 0.1) is 18.8 Å². The van der Waals surface area contributed by atoms with Gasteiger partial charge in [0.1, 0.15) is 12.9 Å². The minimum absolute atomic E-state index is 0.124. The first-order chi connectivity index (χ1) is 10.0. The molecule has 7 heteroatoms. The Kier molecular flexibility index (Phi) is 4.52. The summed E-state index contributed by atoms with van der Waals surface area (Å²) in [4.78, 5) is 7.62. The second-order valence-electron chi connectivity index (χ2n) is 4.17. The molecule has 0 aliphatic heterocycles. The molecule has 6 nitrogen and oxygen atoms in total. The highest BCUT2D eigenvalue weighted by atomic mass is 32.2. The van der Waals surface area contributed by atoms with E-state index in [2.05, 4.69) is 26.5 Å². The van der Waals surface area contributed by atoms with Crippen LogP contribution in [0.4, 0.5) is 5.69 Å². The molecule has 2 aromatic rings. The van der Waals surface area contributed by atoms with Crippen molar-refractivity contribution in [2.45, 2.75) is 11.8 Å². The second kappa shape index (κ2) is 6.35. The molecule has 108 valence electrons. The number of nitrogens with one attached hydrogen (secondary N) is 1. The number of rotatable bonds is 3. The number of aliphatic hydroxyl groups excluding tert-OH is 1. The average Bonchev–Trinajstić information content (AvgIpc) is 2.46. The Labute approximate surface area is 122 Å². The quantitative estimate of drug-likeness (QED) is 0.823. The zero-order chi connectivity index (χ0) is 15.3. The number of aryl methyl sites for hydroxylation is 1. The Balaban J connectivity index is 2.31. The van der Waals surface area contributed by atoms with Gasteiger partial charge >= 0.3 is 0 Å². The molecule has 1 heterocycles. The van der Waals surface area contributed by atoms with Crippen molar-refractivity contribution in [3.05, 3.63) is 48.0 Å². The molecule has 21 heavy (non-hydrogen) atoms. The normalized spacial score (nSPS) is 10.6. The number of anilines is 1. The van der Waals surface area contributed by atoms with Crippen molar-refractivity contribution in [3.8, 4) is 11.8 Å². The molecule has 1 aromatic heterocycles. The van der Waals surface area contributed by atoms with Gasteiger partial charge in [-0.3, -0.25) is 4.72 Å². The van der Waals surface area contributed by atoms with Crippen LogP contribution in [0.15, 0.2) is 41.8 Å². The van der Waals surface area contributed by atoms with Crippen LogP contribution in [0.2, 0.25) is 0 Å². The van der Waals surface area contributed by atoms with Crippen LogP contribution in [0.5, 0.6) is 0 Å². The summed E-state index contributed by atoms with van der Waals surface area (Å²) in [5, 5.41) is 8.68. The summed E-state index contributed by atoms with van der Waals surface area (Å²) < 4.78 is 26.9. The third-order valence-corrected chi connectivity index (χ3v) is 4.00. The number of benzene rings is 1. The molecule has 0 saturated carbocycles. The Morgan fingerprint density at radius 1 is 1.29 bits per heavy atom. The fourth-order valence-electron chi connectivity index (χ4n) is 1.64. The highest BCUT2D eigenvalue weighted by Crippen LogP contribution is 2.17. The van der Waals surface area contributed by atoms with Crippen LogP contribution < -0.4 is 4.72 Å². The van der Waals surface area contributed by atoms with Gasteiger partial charge < -0.3 is 5.11 Å². The van der Waals surface area contributed by atoms with Crippen molar-refractivity contribution >= 4 is 15.7 Å². The maximum atomic E-state index is 12.2. The first-order valence-electron chi connectivity index (χ1n) is 6.01. The van der Waals surface area contributed by atoms with E-state index in [9.17, 15) is 8.42 Å². The number of aromatic nitrogens is 2. The van der Waals surface area contributed by atoms with Gasteiger partial charge in [-0.1, -0.05) is 11.8 Å². The van der Waals surface area contributed by atoms with Crippen LogP contribution in [0.25, 0.3) is 0 Å². The molecule has 1 aromatic carbocycles. The molecule has 0 fully saturated rings. The van der Waals surface area contributed by atoms with Crippen molar-refractivity contribution in [1.82, 2.24) is 9.97 Å². The zero-order valence-corrected chi connectivity index (χ0v) is 12.1. The van der Waals surface area contributed by atoms with Gasteiger partial charge in [0.05, 0.1) is 23.0 Å². The molecule has 2 N–H and O–H groups in total. The standard InChI is InChI=1S/C14H13N3O3S/c1-11-7-14(5-4-12(11)3-2-6-18)21(19,20)17-13-8-15-10-16-9-13/h4-5,7-10,17-18H,6H2,1H3. The lowest BCUT2D eigenvalue weighted by atomic mass is 10.1. The highest BCUT2D eigenvalue weighted by Gasteiger charge is 2.15. The third-order valence-electron chi connectivity index (χ3n) is 2.62. The third kappa shape index (κ3) is 3.78. The number of hydrogen-bond acceptors (Lipinski definition) is 5. The molecule has 0 bridgehead atoms. The molecular weight excluding hydrogens is 290 g/mol. The van der Waals surface area contributed by atoms with E-state index in [4.69, 9.17) is 5.11 Å². The van der Waals surface area contributed by atoms with Gasteiger partial charge in [-0.25, -0.2) is 18.4 Å². The second-order valence-corrected chi connectivity index (χ2v) is 5.85. The van der Waals surface area contributed by atoms with Crippen molar-refractivity contribution in [3.63, 3.8) is 0 Å². The van der Waals surface area contributed by atoms with Gasteiger partial charge in [-0.2, -0.15) is 0 Å². The van der Waals surface area contributed by atoms with Crippen LogP contribution in [0.1, 0.15) is 11.1 Å². The van der Waals surface area contributed by atoms with E-state index in [0.717, 1.165) is 0 Å². The first-order valence-corrected chi connectivity index (χ1v) is 7.49. The van der Waals surface area contributed by atoms with Gasteiger partial charge in [0, 0.05) is 5.56 Å². The van der Waals surface area contributed by atoms with Crippen LogP contribution >= 0.6 is 0 Å². The molecule has 0 saturated heterocycles. The van der Waals surface area contributed by atoms with Crippen molar-refractivity contribution < 1.29 is 13.5 Å². The number of sulfonamides is 1. The fraction of sp³-hybridized carbons (Fsp3) is 0.143. The van der Waals surface area contributed by atoms with Crippen molar-refractivity contribution in [2.24, 2.45) is 0 Å². The van der Waals surface area contributed by atoms with E-state index in [-0.39, 0.29) is 11.5 Å². The molecule has 0 amide bonds. The predicted molar refractivity (Wildman–Crippen MR) is 78.0 cm³/mol. The number of nitrogens with zero attached hydrogens (tertiary/aromatic N) is 2. The van der Waals surface area contributed by atoms with E-state index in [1.54, 1.807) is 13.0 Å². The van der Waals surface area contributed by atoms with Crippen molar-refractivity contribution in [2.75, 3.05) is 11.3 Å². The topological polar surface area (TPSA) is 92.2 Å². The van der Waals surface area contributed by atoms with Gasteiger partial charge in [-0.05, 0) is 30.7 Å². The maximum Gasteiger partial charge on any atom is 0.262 e. The zero-order valence-electron chi connectivity index (χ0n) is 11.2. The van der Waals surface area contributed by atoms with E-state index in [1.807, 2.05) is 0 Å². The Morgan fingerprint density at radius 3 is 2.62 bits per heavy atom. The summed E-state index contributed by atoms with van der Waals surface area (Å²) >= 11 is 0. The summed E-state index contributed by atoms with van der Waals surface area (Å²) in [6, 6.07) is 4.59. The molecule has 0 atom stereocenters. The van der Waals surface area contributed by atoms with E-state index in [1.165, 1.54) is 30.9 Å². The first kappa shape index (κ1) is 15.0. The lowest BCUT2D eigenvalue weighted by molar-refractivity contribution is 0.350. The largest absolute Gasteiger partial charge is 0.384 e. The van der Waals surface area contributed by atoms with Gasteiger partial charge in [0.15, 0.2) is 0 Å². The molecule has 0 radical (unpaired) electrons. The maximum absolute atomic E-state index is 12.2. The van der Waals surface area contributed by atoms with Crippen LogP contribution in [-0.4, -0.2) is 30.1 Å². The summed E-state index contributed by atoms with van der Waals surface area (Å²) in [5.74, 6) is 5.28. The smallest absolute Gasteiger partial charge is 0.262 e. The minimum Gasteiger partial charge on any atom is -0.384 e. The van der Waals surface area contributed by atoms with Gasteiger partial charge in [-0.15, -0.1) is 0 Å². The monoisotopic (exact) mass is 303 g/mol. The average molecular weight is 303 g/mol. The highest BCUT2D eigenvalue weighted by molar-refractivity contribution is 7.92. The van der Waals surface area contributed by atoms with Gasteiger partial charge in [0.25, 0.3) is 10.0 Å². The lowest BCUT2D eigenvalue weighted by Crippen LogP contribution is -2.13. The summed E-state index contributed by atoms with van der Waals surface area (Å²) in [5.41, 5.74) is 1.67. The number of aliphatic hydroxyl groups is 1. The molecule has 0 aliphatic rings. The lowest BCUT2D eigenvalue weighted by Gasteiger charge is -2.08. The predicted octanol–water partition coefficient (Wildman–Crippen LogP) is 0.930. The molecule has 2 rings (SSSR count). The van der Waals surface area contributed by atoms with Crippen molar-refractivity contribution in [1.29, 1.82) is 0 Å². The SMILES string of the molecule is Cc1cc(S(=O)(=O)Nc2cncnc2)ccc1C#CCO. The Bertz CT molecular complexity index is 793. The summed E-state index contributed by atoms with van der Waals surface area (Å²) in [6.45, 7) is 1.51.